The number of hydrogen-bond acceptors (Lipinski definition) is 3. The van der Waals surface area contributed by atoms with Crippen molar-refractivity contribution in [1.82, 2.24) is 9.97 Å². The molecule has 2 rings (SSSR count). The molecule has 0 atom stereocenters. The smallest absolute Gasteiger partial charge is 0.230 e. The molecule has 0 aliphatic carbocycles. The second-order valence-electron chi connectivity index (χ2n) is 2.22. The van der Waals surface area contributed by atoms with Crippen molar-refractivity contribution in [1.29, 1.82) is 0 Å². The molecule has 2 aromatic heterocycles. The summed E-state index contributed by atoms with van der Waals surface area (Å²) in [5, 5.41) is 0.913. The third kappa shape index (κ3) is 1.03. The highest BCUT2D eigenvalue weighted by Gasteiger charge is 2.03. The van der Waals surface area contributed by atoms with E-state index >= 15 is 0 Å². The van der Waals surface area contributed by atoms with Gasteiger partial charge in [-0.1, -0.05) is 0 Å². The van der Waals surface area contributed by atoms with Crippen LogP contribution in [0.1, 0.15) is 5.82 Å². The second kappa shape index (κ2) is 2.30. The molecule has 0 saturated carbocycles. The predicted octanol–water partition coefficient (Wildman–Crippen LogP) is 2.29. The first kappa shape index (κ1) is 6.79. The van der Waals surface area contributed by atoms with Crippen LogP contribution in [0.5, 0.6) is 0 Å². The number of aryl methyl sites for hydroxylation is 1. The summed E-state index contributed by atoms with van der Waals surface area (Å²) in [6, 6.07) is 0. The minimum absolute atomic E-state index is 0.629. The molecule has 0 amide bonds. The summed E-state index contributed by atoms with van der Waals surface area (Å²) in [6.07, 6.45) is 3.35. The van der Waals surface area contributed by atoms with E-state index in [4.69, 9.17) is 4.42 Å². The molecule has 56 valence electrons. The lowest BCUT2D eigenvalue weighted by molar-refractivity contribution is 0.599. The molecule has 0 radical (unpaired) electrons. The van der Waals surface area contributed by atoms with E-state index in [0.29, 0.717) is 5.71 Å². The molecule has 0 aromatic carbocycles. The maximum absolute atomic E-state index is 5.13. The van der Waals surface area contributed by atoms with Gasteiger partial charge in [-0.25, -0.2) is 4.98 Å². The molecule has 0 bridgehead atoms. The molecular formula is C7H5BrN2O. The lowest BCUT2D eigenvalue weighted by Gasteiger charge is -1.88. The number of nitrogens with zero attached hydrogens (tertiary/aromatic N) is 2. The highest BCUT2D eigenvalue weighted by Crippen LogP contribution is 2.23. The summed E-state index contributed by atoms with van der Waals surface area (Å²) in [5.74, 6) is 0.722. The van der Waals surface area contributed by atoms with Crippen LogP contribution < -0.4 is 0 Å². The van der Waals surface area contributed by atoms with Gasteiger partial charge in [0, 0.05) is 6.20 Å². The van der Waals surface area contributed by atoms with E-state index in [1.165, 1.54) is 0 Å². The predicted molar refractivity (Wildman–Crippen MR) is 44.2 cm³/mol. The number of furan rings is 1. The molecule has 0 fully saturated rings. The zero-order valence-electron chi connectivity index (χ0n) is 5.84. The highest BCUT2D eigenvalue weighted by atomic mass is 79.9. The van der Waals surface area contributed by atoms with Crippen molar-refractivity contribution in [3.63, 3.8) is 0 Å². The van der Waals surface area contributed by atoms with Crippen LogP contribution in [0.3, 0.4) is 0 Å². The van der Waals surface area contributed by atoms with Crippen molar-refractivity contribution in [2.75, 3.05) is 0 Å². The first-order chi connectivity index (χ1) is 5.27. The normalized spacial score (nSPS) is 10.7. The van der Waals surface area contributed by atoms with Crippen molar-refractivity contribution in [2.24, 2.45) is 0 Å². The molecule has 0 spiro atoms. The first-order valence-corrected chi connectivity index (χ1v) is 3.93. The minimum Gasteiger partial charge on any atom is -0.445 e. The van der Waals surface area contributed by atoms with Gasteiger partial charge in [-0.3, -0.25) is 0 Å². The van der Waals surface area contributed by atoms with Crippen molar-refractivity contribution < 1.29 is 4.42 Å². The maximum atomic E-state index is 5.13. The molecule has 3 nitrogen and oxygen atoms in total. The standard InChI is InChI=1S/C7H5BrN2O/c1-4-9-2-5-6(8)3-11-7(5)10-4/h2-3H,1H3. The van der Waals surface area contributed by atoms with Crippen molar-refractivity contribution in [3.8, 4) is 0 Å². The first-order valence-electron chi connectivity index (χ1n) is 3.14. The summed E-state index contributed by atoms with van der Waals surface area (Å²) in [4.78, 5) is 8.13. The van der Waals surface area contributed by atoms with Crippen molar-refractivity contribution in [3.05, 3.63) is 22.8 Å². The molecule has 0 aliphatic heterocycles. The summed E-state index contributed by atoms with van der Waals surface area (Å²) >= 11 is 3.32. The Bertz CT molecular complexity index is 396. The summed E-state index contributed by atoms with van der Waals surface area (Å²) in [6.45, 7) is 1.83. The van der Waals surface area contributed by atoms with Crippen LogP contribution in [-0.2, 0) is 0 Å². The second-order valence-corrected chi connectivity index (χ2v) is 3.07. The van der Waals surface area contributed by atoms with Gasteiger partial charge in [0.2, 0.25) is 5.71 Å². The largest absolute Gasteiger partial charge is 0.445 e. The van der Waals surface area contributed by atoms with Gasteiger partial charge >= 0.3 is 0 Å². The van der Waals surface area contributed by atoms with Crippen LogP contribution in [0.15, 0.2) is 21.3 Å². The third-order valence-electron chi connectivity index (χ3n) is 1.41. The number of rotatable bonds is 0. The van der Waals surface area contributed by atoms with Crippen LogP contribution >= 0.6 is 15.9 Å². The number of aromatic nitrogens is 2. The molecule has 2 aromatic rings. The fourth-order valence-corrected chi connectivity index (χ4v) is 1.24. The molecule has 11 heavy (non-hydrogen) atoms. The van der Waals surface area contributed by atoms with Crippen LogP contribution in [0, 0.1) is 6.92 Å². The van der Waals surface area contributed by atoms with E-state index in [2.05, 4.69) is 25.9 Å². The molecule has 0 aliphatic rings. The topological polar surface area (TPSA) is 38.9 Å². The van der Waals surface area contributed by atoms with Gasteiger partial charge in [-0.15, -0.1) is 0 Å². The maximum Gasteiger partial charge on any atom is 0.230 e. The quantitative estimate of drug-likeness (QED) is 0.673. The molecular weight excluding hydrogens is 208 g/mol. The van der Waals surface area contributed by atoms with Crippen LogP contribution in [-0.4, -0.2) is 9.97 Å². The lowest BCUT2D eigenvalue weighted by Crippen LogP contribution is -1.84. The van der Waals surface area contributed by atoms with Crippen molar-refractivity contribution >= 4 is 27.0 Å². The Hall–Kier alpha value is -0.900. The van der Waals surface area contributed by atoms with Crippen molar-refractivity contribution in [2.45, 2.75) is 6.92 Å². The van der Waals surface area contributed by atoms with Crippen LogP contribution in [0.4, 0.5) is 0 Å². The molecule has 4 heteroatoms. The Morgan fingerprint density at radius 3 is 3.18 bits per heavy atom. The number of halogens is 1. The molecule has 0 saturated heterocycles. The van der Waals surface area contributed by atoms with E-state index in [9.17, 15) is 0 Å². The average molecular weight is 213 g/mol. The zero-order valence-corrected chi connectivity index (χ0v) is 7.42. The van der Waals surface area contributed by atoms with Gasteiger partial charge in [-0.05, 0) is 22.9 Å². The highest BCUT2D eigenvalue weighted by molar-refractivity contribution is 9.10. The Morgan fingerprint density at radius 2 is 2.36 bits per heavy atom. The Morgan fingerprint density at radius 1 is 1.55 bits per heavy atom. The Kier molecular flexibility index (Phi) is 1.42. The van der Waals surface area contributed by atoms with Gasteiger partial charge in [-0.2, -0.15) is 4.98 Å². The molecule has 0 unspecified atom stereocenters. The average Bonchev–Trinajstić information content (AvgIpc) is 2.32. The Labute approximate surface area is 71.6 Å². The Balaban J connectivity index is 2.86. The summed E-state index contributed by atoms with van der Waals surface area (Å²) in [7, 11) is 0. The minimum atomic E-state index is 0.629. The number of hydrogen-bond donors (Lipinski definition) is 0. The molecule has 2 heterocycles. The van der Waals surface area contributed by atoms with Crippen LogP contribution in [0.25, 0.3) is 11.1 Å². The lowest BCUT2D eigenvalue weighted by atomic mass is 10.4. The summed E-state index contributed by atoms with van der Waals surface area (Å²) in [5.41, 5.74) is 0.629. The van der Waals surface area contributed by atoms with Gasteiger partial charge in [0.25, 0.3) is 0 Å². The van der Waals surface area contributed by atoms with Gasteiger partial charge in [0.1, 0.15) is 12.1 Å². The van der Waals surface area contributed by atoms with Gasteiger partial charge in [0.15, 0.2) is 0 Å². The SMILES string of the molecule is Cc1ncc2c(Br)coc2n1. The van der Waals surface area contributed by atoms with E-state index in [0.717, 1.165) is 15.7 Å². The van der Waals surface area contributed by atoms with E-state index in [-0.39, 0.29) is 0 Å². The fourth-order valence-electron chi connectivity index (χ4n) is 0.874. The van der Waals surface area contributed by atoms with Crippen LogP contribution in [0.2, 0.25) is 0 Å². The third-order valence-corrected chi connectivity index (χ3v) is 2.02. The van der Waals surface area contributed by atoms with E-state index in [1.807, 2.05) is 6.92 Å². The number of fused-ring (bicyclic) bond motifs is 1. The summed E-state index contributed by atoms with van der Waals surface area (Å²) < 4.78 is 6.03. The monoisotopic (exact) mass is 212 g/mol. The van der Waals surface area contributed by atoms with Gasteiger partial charge < -0.3 is 4.42 Å². The van der Waals surface area contributed by atoms with Gasteiger partial charge in [0.05, 0.1) is 9.86 Å². The van der Waals surface area contributed by atoms with E-state index < -0.39 is 0 Å². The molecule has 0 N–H and O–H groups in total. The fraction of sp³-hybridized carbons (Fsp3) is 0.143. The van der Waals surface area contributed by atoms with E-state index in [1.54, 1.807) is 12.5 Å². The zero-order chi connectivity index (χ0) is 7.84.